The van der Waals surface area contributed by atoms with Gasteiger partial charge in [0.1, 0.15) is 5.69 Å². The van der Waals surface area contributed by atoms with Gasteiger partial charge in [0.05, 0.1) is 6.20 Å². The van der Waals surface area contributed by atoms with Crippen molar-refractivity contribution in [2.75, 3.05) is 20.6 Å². The van der Waals surface area contributed by atoms with E-state index >= 15 is 0 Å². The summed E-state index contributed by atoms with van der Waals surface area (Å²) in [5, 5.41) is 2.60. The second-order valence-corrected chi connectivity index (χ2v) is 3.38. The Hall–Kier alpha value is -1.98. The van der Waals surface area contributed by atoms with Crippen LogP contribution in [0.2, 0.25) is 0 Å². The highest BCUT2D eigenvalue weighted by molar-refractivity contribution is 5.92. The van der Waals surface area contributed by atoms with E-state index in [1.54, 1.807) is 14.1 Å². The van der Waals surface area contributed by atoms with E-state index in [1.165, 1.54) is 23.5 Å². The average Bonchev–Trinajstić information content (AvgIpc) is 2.29. The van der Waals surface area contributed by atoms with Crippen LogP contribution in [0.4, 0.5) is 0 Å². The lowest BCUT2D eigenvalue weighted by atomic mass is 10.3. The Labute approximate surface area is 93.7 Å². The van der Waals surface area contributed by atoms with Gasteiger partial charge in [-0.25, -0.2) is 4.98 Å². The molecule has 0 saturated heterocycles. The molecule has 0 unspecified atom stereocenters. The van der Waals surface area contributed by atoms with Crippen molar-refractivity contribution in [1.82, 2.24) is 20.2 Å². The second-order valence-electron chi connectivity index (χ2n) is 3.38. The van der Waals surface area contributed by atoms with E-state index in [9.17, 15) is 9.59 Å². The van der Waals surface area contributed by atoms with Gasteiger partial charge in [0, 0.05) is 39.5 Å². The van der Waals surface area contributed by atoms with Crippen LogP contribution >= 0.6 is 0 Å². The van der Waals surface area contributed by atoms with Gasteiger partial charge < -0.3 is 10.2 Å². The second kappa shape index (κ2) is 5.79. The number of hydrogen-bond acceptors (Lipinski definition) is 4. The van der Waals surface area contributed by atoms with E-state index in [2.05, 4.69) is 15.3 Å². The lowest BCUT2D eigenvalue weighted by Crippen LogP contribution is -2.30. The van der Waals surface area contributed by atoms with Crippen LogP contribution in [-0.2, 0) is 4.79 Å². The van der Waals surface area contributed by atoms with Gasteiger partial charge in [-0.15, -0.1) is 0 Å². The Morgan fingerprint density at radius 2 is 2.12 bits per heavy atom. The minimum absolute atomic E-state index is 0.0283. The summed E-state index contributed by atoms with van der Waals surface area (Å²) in [6.45, 7) is 0.298. The molecule has 2 amide bonds. The Kier molecular flexibility index (Phi) is 4.38. The first kappa shape index (κ1) is 12.1. The van der Waals surface area contributed by atoms with E-state index in [0.717, 1.165) is 0 Å². The fraction of sp³-hybridized carbons (Fsp3) is 0.400. The summed E-state index contributed by atoms with van der Waals surface area (Å²) in [7, 11) is 3.35. The summed E-state index contributed by atoms with van der Waals surface area (Å²) in [6, 6.07) is 0. The molecule has 6 heteroatoms. The molecule has 0 bridgehead atoms. The molecule has 1 N–H and O–H groups in total. The number of aromatic nitrogens is 2. The Morgan fingerprint density at radius 1 is 1.38 bits per heavy atom. The Morgan fingerprint density at radius 3 is 2.69 bits per heavy atom. The van der Waals surface area contributed by atoms with Crippen molar-refractivity contribution in [3.8, 4) is 0 Å². The van der Waals surface area contributed by atoms with Gasteiger partial charge in [0.15, 0.2) is 0 Å². The molecule has 0 aliphatic carbocycles. The zero-order valence-electron chi connectivity index (χ0n) is 9.30. The monoisotopic (exact) mass is 222 g/mol. The summed E-state index contributed by atoms with van der Waals surface area (Å²) >= 11 is 0. The van der Waals surface area contributed by atoms with Crippen molar-refractivity contribution in [3.05, 3.63) is 24.3 Å². The van der Waals surface area contributed by atoms with Crippen LogP contribution in [0.25, 0.3) is 0 Å². The fourth-order valence-electron chi connectivity index (χ4n) is 1.01. The van der Waals surface area contributed by atoms with Crippen molar-refractivity contribution < 1.29 is 9.59 Å². The van der Waals surface area contributed by atoms with Crippen LogP contribution in [0, 0.1) is 0 Å². The third-order valence-electron chi connectivity index (χ3n) is 1.92. The third kappa shape index (κ3) is 3.64. The molecule has 16 heavy (non-hydrogen) atoms. The highest BCUT2D eigenvalue weighted by Gasteiger charge is 2.08. The number of carbonyl (C=O) groups is 2. The molecule has 1 aromatic rings. The highest BCUT2D eigenvalue weighted by atomic mass is 16.2. The summed E-state index contributed by atoms with van der Waals surface area (Å²) in [4.78, 5) is 31.8. The summed E-state index contributed by atoms with van der Waals surface area (Å²) in [5.74, 6) is -0.348. The molecule has 6 nitrogen and oxygen atoms in total. The van der Waals surface area contributed by atoms with Crippen molar-refractivity contribution >= 4 is 11.8 Å². The molecule has 0 radical (unpaired) electrons. The maximum absolute atomic E-state index is 11.5. The molecule has 0 saturated carbocycles. The van der Waals surface area contributed by atoms with Crippen LogP contribution in [0.5, 0.6) is 0 Å². The normalized spacial score (nSPS) is 9.62. The molecule has 1 heterocycles. The lowest BCUT2D eigenvalue weighted by Gasteiger charge is -2.10. The first-order valence-electron chi connectivity index (χ1n) is 4.85. The molecule has 0 aromatic carbocycles. The van der Waals surface area contributed by atoms with Gasteiger partial charge in [-0.1, -0.05) is 0 Å². The fourth-order valence-corrected chi connectivity index (χ4v) is 1.01. The summed E-state index contributed by atoms with van der Waals surface area (Å²) < 4.78 is 0. The Balaban J connectivity index is 2.34. The predicted octanol–water partition coefficient (Wildman–Crippen LogP) is -0.315. The first-order valence-corrected chi connectivity index (χ1v) is 4.85. The molecule has 0 aliphatic heterocycles. The van der Waals surface area contributed by atoms with Gasteiger partial charge in [0.25, 0.3) is 5.91 Å². The van der Waals surface area contributed by atoms with Gasteiger partial charge in [-0.2, -0.15) is 0 Å². The zero-order valence-corrected chi connectivity index (χ0v) is 9.30. The SMILES string of the molecule is CN(C)C(=O)CCNC(=O)c1cnccn1. The molecular formula is C10H14N4O2. The number of nitrogens with zero attached hydrogens (tertiary/aromatic N) is 3. The topological polar surface area (TPSA) is 75.2 Å². The summed E-state index contributed by atoms with van der Waals surface area (Å²) in [5.41, 5.74) is 0.250. The minimum Gasteiger partial charge on any atom is -0.350 e. The number of hydrogen-bond donors (Lipinski definition) is 1. The molecule has 1 rings (SSSR count). The van der Waals surface area contributed by atoms with Crippen LogP contribution in [0.1, 0.15) is 16.9 Å². The lowest BCUT2D eigenvalue weighted by molar-refractivity contribution is -0.128. The maximum atomic E-state index is 11.5. The van der Waals surface area contributed by atoms with E-state index in [-0.39, 0.29) is 23.9 Å². The van der Waals surface area contributed by atoms with Gasteiger partial charge >= 0.3 is 0 Å². The Bertz CT molecular complexity index is 364. The molecule has 86 valence electrons. The highest BCUT2D eigenvalue weighted by Crippen LogP contribution is 1.90. The third-order valence-corrected chi connectivity index (χ3v) is 1.92. The largest absolute Gasteiger partial charge is 0.350 e. The number of rotatable bonds is 4. The van der Waals surface area contributed by atoms with Crippen molar-refractivity contribution in [3.63, 3.8) is 0 Å². The first-order chi connectivity index (χ1) is 7.61. The molecular weight excluding hydrogens is 208 g/mol. The van der Waals surface area contributed by atoms with Gasteiger partial charge in [0.2, 0.25) is 5.91 Å². The van der Waals surface area contributed by atoms with Crippen molar-refractivity contribution in [2.24, 2.45) is 0 Å². The van der Waals surface area contributed by atoms with Crippen molar-refractivity contribution in [1.29, 1.82) is 0 Å². The van der Waals surface area contributed by atoms with Gasteiger partial charge in [-0.05, 0) is 0 Å². The maximum Gasteiger partial charge on any atom is 0.271 e. The van der Waals surface area contributed by atoms with Crippen LogP contribution in [-0.4, -0.2) is 47.3 Å². The standard InChI is InChI=1S/C10H14N4O2/c1-14(2)9(15)3-4-13-10(16)8-7-11-5-6-12-8/h5-7H,3-4H2,1-2H3,(H,13,16). The summed E-state index contributed by atoms with van der Waals surface area (Å²) in [6.07, 6.45) is 4.59. The zero-order chi connectivity index (χ0) is 12.0. The quantitative estimate of drug-likeness (QED) is 0.758. The van der Waals surface area contributed by atoms with Crippen molar-refractivity contribution in [2.45, 2.75) is 6.42 Å². The number of nitrogens with one attached hydrogen (secondary N) is 1. The number of carbonyl (C=O) groups excluding carboxylic acids is 2. The van der Waals surface area contributed by atoms with Gasteiger partial charge in [-0.3, -0.25) is 14.6 Å². The average molecular weight is 222 g/mol. The van der Waals surface area contributed by atoms with E-state index < -0.39 is 0 Å². The van der Waals surface area contributed by atoms with Crippen LogP contribution < -0.4 is 5.32 Å². The van der Waals surface area contributed by atoms with Crippen LogP contribution in [0.3, 0.4) is 0 Å². The molecule has 0 atom stereocenters. The van der Waals surface area contributed by atoms with E-state index in [1.807, 2.05) is 0 Å². The smallest absolute Gasteiger partial charge is 0.271 e. The van der Waals surface area contributed by atoms with E-state index in [0.29, 0.717) is 6.54 Å². The molecule has 0 fully saturated rings. The minimum atomic E-state index is -0.320. The van der Waals surface area contributed by atoms with Crippen LogP contribution in [0.15, 0.2) is 18.6 Å². The predicted molar refractivity (Wildman–Crippen MR) is 57.7 cm³/mol. The molecule has 0 aliphatic rings. The molecule has 1 aromatic heterocycles. The number of amides is 2. The molecule has 0 spiro atoms. The van der Waals surface area contributed by atoms with E-state index in [4.69, 9.17) is 0 Å².